The van der Waals surface area contributed by atoms with Crippen LogP contribution in [0.1, 0.15) is 22.4 Å². The lowest BCUT2D eigenvalue weighted by Crippen LogP contribution is -2.19. The summed E-state index contributed by atoms with van der Waals surface area (Å²) in [6, 6.07) is 11.2. The van der Waals surface area contributed by atoms with E-state index in [-0.39, 0.29) is 0 Å². The highest BCUT2D eigenvalue weighted by Crippen LogP contribution is 2.36. The number of nitrogens with one attached hydrogen (secondary N) is 1. The van der Waals surface area contributed by atoms with Gasteiger partial charge in [-0.15, -0.1) is 0 Å². The molecule has 0 atom stereocenters. The third kappa shape index (κ3) is 5.62. The molecule has 0 saturated carbocycles. The molecule has 0 fully saturated rings. The second kappa shape index (κ2) is 8.41. The van der Waals surface area contributed by atoms with Crippen LogP contribution < -0.4 is 5.32 Å². The number of hydrogen-bond donors (Lipinski definition) is 1. The van der Waals surface area contributed by atoms with E-state index in [2.05, 4.69) is 10.3 Å². The number of aromatic nitrogens is 1. The first kappa shape index (κ1) is 22.3. The number of anilines is 1. The van der Waals surface area contributed by atoms with Gasteiger partial charge in [-0.2, -0.15) is 26.3 Å². The van der Waals surface area contributed by atoms with E-state index in [1.807, 2.05) is 13.0 Å². The number of benzene rings is 2. The Bertz CT molecular complexity index is 1090. The van der Waals surface area contributed by atoms with Crippen molar-refractivity contribution < 1.29 is 31.1 Å². The number of hydrogen-bond acceptors (Lipinski definition) is 2. The van der Waals surface area contributed by atoms with Gasteiger partial charge in [-0.25, -0.2) is 0 Å². The van der Waals surface area contributed by atoms with Crippen molar-refractivity contribution in [3.8, 4) is 11.1 Å². The van der Waals surface area contributed by atoms with Crippen molar-refractivity contribution in [3.05, 3.63) is 83.2 Å². The van der Waals surface area contributed by atoms with Crippen LogP contribution in [0.5, 0.6) is 0 Å². The lowest BCUT2D eigenvalue weighted by Gasteiger charge is -2.16. The predicted octanol–water partition coefficient (Wildman–Crippen LogP) is 6.28. The maximum Gasteiger partial charge on any atom is 0.416 e. The average Bonchev–Trinajstić information content (AvgIpc) is 2.67. The largest absolute Gasteiger partial charge is 0.416 e. The van der Waals surface area contributed by atoms with Crippen LogP contribution in [0.2, 0.25) is 0 Å². The van der Waals surface area contributed by atoms with E-state index < -0.39 is 41.4 Å². The monoisotopic (exact) mass is 438 g/mol. The lowest BCUT2D eigenvalue weighted by molar-refractivity contribution is -0.142. The number of aryl methyl sites for hydroxylation is 1. The highest BCUT2D eigenvalue weighted by molar-refractivity contribution is 5.92. The van der Waals surface area contributed by atoms with E-state index in [1.54, 1.807) is 36.5 Å². The van der Waals surface area contributed by atoms with Crippen LogP contribution in [-0.2, 0) is 23.6 Å². The molecule has 0 saturated heterocycles. The molecule has 0 spiro atoms. The van der Waals surface area contributed by atoms with Gasteiger partial charge in [0.05, 0.1) is 17.5 Å². The van der Waals surface area contributed by atoms with Crippen molar-refractivity contribution in [2.45, 2.75) is 25.7 Å². The summed E-state index contributed by atoms with van der Waals surface area (Å²) >= 11 is 0. The molecule has 1 amide bonds. The van der Waals surface area contributed by atoms with Crippen molar-refractivity contribution >= 4 is 11.6 Å². The Morgan fingerprint density at radius 3 is 2.13 bits per heavy atom. The van der Waals surface area contributed by atoms with Crippen LogP contribution in [0.15, 0.2) is 60.8 Å². The molecule has 0 aliphatic rings. The van der Waals surface area contributed by atoms with Crippen molar-refractivity contribution in [3.63, 3.8) is 0 Å². The Hall–Kier alpha value is -3.36. The van der Waals surface area contributed by atoms with E-state index in [9.17, 15) is 31.1 Å². The van der Waals surface area contributed by atoms with Crippen LogP contribution >= 0.6 is 0 Å². The first-order valence-corrected chi connectivity index (χ1v) is 9.04. The molecule has 1 N–H and O–H groups in total. The average molecular weight is 438 g/mol. The molecule has 9 heteroatoms. The van der Waals surface area contributed by atoms with Crippen molar-refractivity contribution in [2.24, 2.45) is 0 Å². The van der Waals surface area contributed by atoms with E-state index in [0.29, 0.717) is 23.9 Å². The van der Waals surface area contributed by atoms with E-state index >= 15 is 0 Å². The normalized spacial score (nSPS) is 12.0. The first-order valence-electron chi connectivity index (χ1n) is 9.04. The lowest BCUT2D eigenvalue weighted by atomic mass is 10.00. The second-order valence-electron chi connectivity index (χ2n) is 6.86. The SMILES string of the molecule is Cc1cc(-c2ccc(NC(=O)Cc3cc(C(F)(F)F)ccc3C(F)(F)F)cc2)ccn1. The van der Waals surface area contributed by atoms with Gasteiger partial charge in [0.1, 0.15) is 0 Å². The third-order valence-corrected chi connectivity index (χ3v) is 4.49. The number of halogens is 6. The summed E-state index contributed by atoms with van der Waals surface area (Å²) in [6.07, 6.45) is -8.92. The predicted molar refractivity (Wildman–Crippen MR) is 103 cm³/mol. The highest BCUT2D eigenvalue weighted by atomic mass is 19.4. The number of nitrogens with zero attached hydrogens (tertiary/aromatic N) is 1. The molecule has 3 nitrogen and oxygen atoms in total. The second-order valence-corrected chi connectivity index (χ2v) is 6.86. The maximum atomic E-state index is 13.2. The zero-order chi connectivity index (χ0) is 22.8. The Morgan fingerprint density at radius 2 is 1.55 bits per heavy atom. The van der Waals surface area contributed by atoms with Crippen LogP contribution in [-0.4, -0.2) is 10.9 Å². The van der Waals surface area contributed by atoms with Gasteiger partial charge in [-0.05, 0) is 66.1 Å². The fourth-order valence-electron chi connectivity index (χ4n) is 3.04. The number of carbonyl (C=O) groups is 1. The molecule has 162 valence electrons. The molecule has 1 heterocycles. The number of rotatable bonds is 4. The minimum Gasteiger partial charge on any atom is -0.326 e. The van der Waals surface area contributed by atoms with Gasteiger partial charge < -0.3 is 5.32 Å². The Balaban J connectivity index is 1.79. The van der Waals surface area contributed by atoms with Crippen molar-refractivity contribution in [1.82, 2.24) is 4.98 Å². The zero-order valence-corrected chi connectivity index (χ0v) is 16.1. The molecule has 3 aromatic rings. The minimum absolute atomic E-state index is 0.306. The molecular formula is C22H16F6N2O. The summed E-state index contributed by atoms with van der Waals surface area (Å²) < 4.78 is 78.2. The van der Waals surface area contributed by atoms with Gasteiger partial charge in [0.25, 0.3) is 0 Å². The Labute approximate surface area is 173 Å². The standard InChI is InChI=1S/C22H16F6N2O/c1-13-10-15(8-9-29-13)14-2-5-18(6-3-14)30-20(31)12-16-11-17(21(23,24)25)4-7-19(16)22(26,27)28/h2-11H,12H2,1H3,(H,30,31). The minimum atomic E-state index is -4.88. The Kier molecular flexibility index (Phi) is 6.06. The van der Waals surface area contributed by atoms with Crippen LogP contribution in [0.4, 0.5) is 32.0 Å². The number of carbonyl (C=O) groups excluding carboxylic acids is 1. The number of amides is 1. The topological polar surface area (TPSA) is 42.0 Å². The van der Waals surface area contributed by atoms with Gasteiger partial charge in [0.15, 0.2) is 0 Å². The summed E-state index contributed by atoms with van der Waals surface area (Å²) in [7, 11) is 0. The van der Waals surface area contributed by atoms with Crippen molar-refractivity contribution in [2.75, 3.05) is 5.32 Å². The summed E-state index contributed by atoms with van der Waals surface area (Å²) in [5.74, 6) is -0.864. The molecule has 0 radical (unpaired) electrons. The molecular weight excluding hydrogens is 422 g/mol. The first-order chi connectivity index (χ1) is 14.4. The summed E-state index contributed by atoms with van der Waals surface area (Å²) in [5.41, 5.74) is -0.426. The molecule has 3 rings (SSSR count). The molecule has 31 heavy (non-hydrogen) atoms. The van der Waals surface area contributed by atoms with Gasteiger partial charge in [-0.1, -0.05) is 12.1 Å². The van der Waals surface area contributed by atoms with Crippen LogP contribution in [0.3, 0.4) is 0 Å². The van der Waals surface area contributed by atoms with Crippen LogP contribution in [0, 0.1) is 6.92 Å². The maximum absolute atomic E-state index is 13.2. The van der Waals surface area contributed by atoms with Gasteiger partial charge in [0, 0.05) is 17.6 Å². The summed E-state index contributed by atoms with van der Waals surface area (Å²) in [5, 5.41) is 2.42. The van der Waals surface area contributed by atoms with Gasteiger partial charge in [-0.3, -0.25) is 9.78 Å². The van der Waals surface area contributed by atoms with Crippen molar-refractivity contribution in [1.29, 1.82) is 0 Å². The van der Waals surface area contributed by atoms with E-state index in [0.717, 1.165) is 16.8 Å². The summed E-state index contributed by atoms with van der Waals surface area (Å²) in [4.78, 5) is 16.4. The molecule has 0 bridgehead atoms. The van der Waals surface area contributed by atoms with Gasteiger partial charge >= 0.3 is 12.4 Å². The number of pyridine rings is 1. The quantitative estimate of drug-likeness (QED) is 0.488. The molecule has 1 aromatic heterocycles. The number of alkyl halides is 6. The summed E-state index contributed by atoms with van der Waals surface area (Å²) in [6.45, 7) is 1.83. The van der Waals surface area contributed by atoms with Gasteiger partial charge in [0.2, 0.25) is 5.91 Å². The Morgan fingerprint density at radius 1 is 0.871 bits per heavy atom. The fourth-order valence-corrected chi connectivity index (χ4v) is 3.04. The van der Waals surface area contributed by atoms with Crippen LogP contribution in [0.25, 0.3) is 11.1 Å². The fraction of sp³-hybridized carbons (Fsp3) is 0.182. The molecule has 0 aliphatic heterocycles. The highest BCUT2D eigenvalue weighted by Gasteiger charge is 2.37. The third-order valence-electron chi connectivity index (χ3n) is 4.49. The molecule has 0 unspecified atom stereocenters. The van der Waals surface area contributed by atoms with E-state index in [1.165, 1.54) is 0 Å². The zero-order valence-electron chi connectivity index (χ0n) is 16.1. The smallest absolute Gasteiger partial charge is 0.326 e. The molecule has 0 aliphatic carbocycles. The van der Waals surface area contributed by atoms with E-state index in [4.69, 9.17) is 0 Å². The molecule has 2 aromatic carbocycles.